The van der Waals surface area contributed by atoms with Gasteiger partial charge in [0.2, 0.25) is 5.91 Å². The van der Waals surface area contributed by atoms with Gasteiger partial charge in [0, 0.05) is 36.1 Å². The largest absolute Gasteiger partial charge is 0.489 e. The standard InChI is InChI=1S/C22H26N2O2/c1-16(2)12-22(25)23-11-10-18-14-24-21-13-19(8-9-20(18)21)26-15-17-6-4-3-5-7-17/h3-9,13-14,16,24H,10-12,15H2,1-2H3,(H,23,25). The van der Waals surface area contributed by atoms with E-state index in [-0.39, 0.29) is 5.91 Å². The number of hydrogen-bond acceptors (Lipinski definition) is 2. The van der Waals surface area contributed by atoms with E-state index in [1.165, 1.54) is 10.9 Å². The molecule has 26 heavy (non-hydrogen) atoms. The van der Waals surface area contributed by atoms with Gasteiger partial charge in [0.25, 0.3) is 0 Å². The summed E-state index contributed by atoms with van der Waals surface area (Å²) < 4.78 is 5.88. The van der Waals surface area contributed by atoms with Crippen molar-refractivity contribution in [3.05, 3.63) is 65.9 Å². The number of hydrogen-bond donors (Lipinski definition) is 2. The third kappa shape index (κ3) is 4.88. The predicted octanol–water partition coefficient (Wildman–Crippen LogP) is 4.45. The fraction of sp³-hybridized carbons (Fsp3) is 0.318. The molecule has 2 aromatic carbocycles. The first-order chi connectivity index (χ1) is 12.6. The number of nitrogens with one attached hydrogen (secondary N) is 2. The zero-order valence-corrected chi connectivity index (χ0v) is 15.4. The first-order valence-electron chi connectivity index (χ1n) is 9.15. The minimum absolute atomic E-state index is 0.122. The normalized spacial score (nSPS) is 11.0. The lowest BCUT2D eigenvalue weighted by Gasteiger charge is -2.08. The second-order valence-corrected chi connectivity index (χ2v) is 6.99. The van der Waals surface area contributed by atoms with Crippen molar-refractivity contribution in [2.24, 2.45) is 5.92 Å². The summed E-state index contributed by atoms with van der Waals surface area (Å²) in [6.07, 6.45) is 3.41. The molecule has 1 heterocycles. The van der Waals surface area contributed by atoms with E-state index in [0.29, 0.717) is 25.5 Å². The van der Waals surface area contributed by atoms with Crippen LogP contribution in [0.2, 0.25) is 0 Å². The Hall–Kier alpha value is -2.75. The lowest BCUT2D eigenvalue weighted by Crippen LogP contribution is -2.26. The van der Waals surface area contributed by atoms with Crippen LogP contribution >= 0.6 is 0 Å². The molecular formula is C22H26N2O2. The summed E-state index contributed by atoms with van der Waals surface area (Å²) in [5.41, 5.74) is 3.41. The molecule has 3 aromatic rings. The van der Waals surface area contributed by atoms with Gasteiger partial charge < -0.3 is 15.0 Å². The van der Waals surface area contributed by atoms with E-state index >= 15 is 0 Å². The molecule has 0 bridgehead atoms. The summed E-state index contributed by atoms with van der Waals surface area (Å²) in [6, 6.07) is 16.2. The number of fused-ring (bicyclic) bond motifs is 1. The van der Waals surface area contributed by atoms with Crippen molar-refractivity contribution in [1.82, 2.24) is 10.3 Å². The van der Waals surface area contributed by atoms with E-state index in [2.05, 4.69) is 42.3 Å². The van der Waals surface area contributed by atoms with Crippen molar-refractivity contribution in [2.45, 2.75) is 33.3 Å². The van der Waals surface area contributed by atoms with Crippen LogP contribution in [-0.4, -0.2) is 17.4 Å². The number of aromatic amines is 1. The Bertz CT molecular complexity index is 853. The van der Waals surface area contributed by atoms with Gasteiger partial charge in [-0.15, -0.1) is 0 Å². The van der Waals surface area contributed by atoms with Gasteiger partial charge >= 0.3 is 0 Å². The van der Waals surface area contributed by atoms with Crippen molar-refractivity contribution < 1.29 is 9.53 Å². The van der Waals surface area contributed by atoms with Gasteiger partial charge in [-0.3, -0.25) is 4.79 Å². The van der Waals surface area contributed by atoms with Gasteiger partial charge in [0.15, 0.2) is 0 Å². The molecule has 0 saturated carbocycles. The Balaban J connectivity index is 1.57. The van der Waals surface area contributed by atoms with E-state index in [1.807, 2.05) is 36.5 Å². The SMILES string of the molecule is CC(C)CC(=O)NCCc1c[nH]c2cc(OCc3ccccc3)ccc12. The van der Waals surface area contributed by atoms with Gasteiger partial charge in [-0.2, -0.15) is 0 Å². The molecule has 0 aliphatic carbocycles. The molecule has 0 aliphatic heterocycles. The maximum absolute atomic E-state index is 11.7. The highest BCUT2D eigenvalue weighted by Gasteiger charge is 2.07. The molecule has 0 saturated heterocycles. The summed E-state index contributed by atoms with van der Waals surface area (Å²) in [6.45, 7) is 5.32. The lowest BCUT2D eigenvalue weighted by molar-refractivity contribution is -0.121. The molecule has 4 heteroatoms. The summed E-state index contributed by atoms with van der Waals surface area (Å²) in [7, 11) is 0. The van der Waals surface area contributed by atoms with E-state index in [1.54, 1.807) is 0 Å². The number of benzene rings is 2. The first kappa shape index (κ1) is 18.1. The summed E-state index contributed by atoms with van der Waals surface area (Å²) in [4.78, 5) is 15.0. The predicted molar refractivity (Wildman–Crippen MR) is 105 cm³/mol. The van der Waals surface area contributed by atoms with Crippen molar-refractivity contribution in [2.75, 3.05) is 6.54 Å². The van der Waals surface area contributed by atoms with E-state index in [9.17, 15) is 4.79 Å². The first-order valence-corrected chi connectivity index (χ1v) is 9.15. The molecular weight excluding hydrogens is 324 g/mol. The Kier molecular flexibility index (Phi) is 5.95. The number of amides is 1. The van der Waals surface area contributed by atoms with Crippen LogP contribution in [0.5, 0.6) is 5.75 Å². The fourth-order valence-corrected chi connectivity index (χ4v) is 2.98. The van der Waals surface area contributed by atoms with Crippen molar-refractivity contribution in [3.8, 4) is 5.75 Å². The minimum atomic E-state index is 0.122. The zero-order valence-electron chi connectivity index (χ0n) is 15.4. The van der Waals surface area contributed by atoms with Crippen LogP contribution in [0.25, 0.3) is 10.9 Å². The van der Waals surface area contributed by atoms with Gasteiger partial charge in [0.05, 0.1) is 0 Å². The molecule has 3 rings (SSSR count). The second-order valence-electron chi connectivity index (χ2n) is 6.99. The smallest absolute Gasteiger partial charge is 0.220 e. The van der Waals surface area contributed by atoms with E-state index in [0.717, 1.165) is 23.3 Å². The van der Waals surface area contributed by atoms with Crippen LogP contribution < -0.4 is 10.1 Å². The Morgan fingerprint density at radius 1 is 1.15 bits per heavy atom. The number of rotatable bonds is 8. The van der Waals surface area contributed by atoms with Gasteiger partial charge in [-0.05, 0) is 35.6 Å². The quantitative estimate of drug-likeness (QED) is 0.630. The maximum atomic E-state index is 11.7. The summed E-state index contributed by atoms with van der Waals surface area (Å²) in [5, 5.41) is 4.17. The number of ether oxygens (including phenoxy) is 1. The number of carbonyl (C=O) groups is 1. The van der Waals surface area contributed by atoms with Gasteiger partial charge in [0.1, 0.15) is 12.4 Å². The molecule has 0 unspecified atom stereocenters. The van der Waals surface area contributed by atoms with E-state index in [4.69, 9.17) is 4.74 Å². The number of H-pyrrole nitrogens is 1. The Morgan fingerprint density at radius 2 is 1.96 bits per heavy atom. The Labute approximate surface area is 154 Å². The van der Waals surface area contributed by atoms with Crippen LogP contribution in [0, 0.1) is 5.92 Å². The number of aromatic nitrogens is 1. The molecule has 1 aromatic heterocycles. The van der Waals surface area contributed by atoms with Crippen molar-refractivity contribution >= 4 is 16.8 Å². The zero-order chi connectivity index (χ0) is 18.4. The topological polar surface area (TPSA) is 54.1 Å². The highest BCUT2D eigenvalue weighted by atomic mass is 16.5. The molecule has 0 radical (unpaired) electrons. The molecule has 0 aliphatic rings. The molecule has 136 valence electrons. The average molecular weight is 350 g/mol. The number of carbonyl (C=O) groups excluding carboxylic acids is 1. The molecule has 0 fully saturated rings. The molecule has 1 amide bonds. The maximum Gasteiger partial charge on any atom is 0.220 e. The van der Waals surface area contributed by atoms with Crippen molar-refractivity contribution in [1.29, 1.82) is 0 Å². The third-order valence-electron chi connectivity index (χ3n) is 4.30. The summed E-state index contributed by atoms with van der Waals surface area (Å²) >= 11 is 0. The van der Waals surface area contributed by atoms with Gasteiger partial charge in [-0.1, -0.05) is 44.2 Å². The average Bonchev–Trinajstić information content (AvgIpc) is 3.02. The minimum Gasteiger partial charge on any atom is -0.489 e. The molecule has 0 spiro atoms. The third-order valence-corrected chi connectivity index (χ3v) is 4.30. The lowest BCUT2D eigenvalue weighted by atomic mass is 10.1. The van der Waals surface area contributed by atoms with Crippen LogP contribution in [-0.2, 0) is 17.8 Å². The monoisotopic (exact) mass is 350 g/mol. The molecule has 4 nitrogen and oxygen atoms in total. The van der Waals surface area contributed by atoms with Crippen LogP contribution in [0.4, 0.5) is 0 Å². The van der Waals surface area contributed by atoms with Crippen LogP contribution in [0.1, 0.15) is 31.4 Å². The highest BCUT2D eigenvalue weighted by molar-refractivity contribution is 5.84. The van der Waals surface area contributed by atoms with Crippen molar-refractivity contribution in [3.63, 3.8) is 0 Å². The Morgan fingerprint density at radius 3 is 2.73 bits per heavy atom. The molecule has 2 N–H and O–H groups in total. The fourth-order valence-electron chi connectivity index (χ4n) is 2.98. The van der Waals surface area contributed by atoms with E-state index < -0.39 is 0 Å². The summed E-state index contributed by atoms with van der Waals surface area (Å²) in [5.74, 6) is 1.36. The molecule has 0 atom stereocenters. The van der Waals surface area contributed by atoms with Gasteiger partial charge in [-0.25, -0.2) is 0 Å². The van der Waals surface area contributed by atoms with Crippen LogP contribution in [0.3, 0.4) is 0 Å². The highest BCUT2D eigenvalue weighted by Crippen LogP contribution is 2.24. The second kappa shape index (κ2) is 8.56. The van der Waals surface area contributed by atoms with Crippen LogP contribution in [0.15, 0.2) is 54.7 Å².